The summed E-state index contributed by atoms with van der Waals surface area (Å²) in [5.41, 5.74) is 1.52. The molecule has 1 aromatic heterocycles. The molecule has 0 unspecified atom stereocenters. The average Bonchev–Trinajstić information content (AvgIpc) is 2.86. The number of piperazine rings is 1. The Morgan fingerprint density at radius 1 is 1.27 bits per heavy atom. The number of fused-ring (bicyclic) bond motifs is 3. The number of nitrogens with two attached hydrogens (primary N) is 1. The van der Waals surface area contributed by atoms with Gasteiger partial charge in [0.15, 0.2) is 0 Å². The van der Waals surface area contributed by atoms with Crippen LogP contribution in [0.5, 0.6) is 0 Å². The van der Waals surface area contributed by atoms with Crippen LogP contribution in [0.15, 0.2) is 4.99 Å². The number of halogens is 2. The van der Waals surface area contributed by atoms with Gasteiger partial charge in [0.25, 0.3) is 5.92 Å². The molecule has 1 aromatic rings. The molecule has 4 rings (SSSR count). The third-order valence-electron chi connectivity index (χ3n) is 4.50. The van der Waals surface area contributed by atoms with E-state index in [0.717, 1.165) is 53.0 Å². The number of amidine groups is 1. The number of aryl methyl sites for hydroxylation is 1. The second kappa shape index (κ2) is 5.14. The molecule has 0 bridgehead atoms. The van der Waals surface area contributed by atoms with Crippen LogP contribution in [0.25, 0.3) is 0 Å². The highest BCUT2D eigenvalue weighted by atomic mass is 32.1. The summed E-state index contributed by atoms with van der Waals surface area (Å²) in [6, 6.07) is 0. The second-order valence-corrected chi connectivity index (χ2v) is 7.15. The number of hydrogen-bond acceptors (Lipinski definition) is 6. The first kappa shape index (κ1) is 14.3. The molecule has 0 spiro atoms. The van der Waals surface area contributed by atoms with E-state index in [1.54, 1.807) is 11.3 Å². The predicted octanol–water partition coefficient (Wildman–Crippen LogP) is 1.18. The van der Waals surface area contributed by atoms with Crippen molar-refractivity contribution in [3.63, 3.8) is 0 Å². The van der Waals surface area contributed by atoms with Gasteiger partial charge in [0, 0.05) is 43.9 Å². The summed E-state index contributed by atoms with van der Waals surface area (Å²) in [6.07, 6.45) is 0.170. The molecule has 0 saturated carbocycles. The topological polar surface area (TPSA) is 56.9 Å². The molecule has 0 atom stereocenters. The first-order valence-electron chi connectivity index (χ1n) is 7.60. The normalized spacial score (nSPS) is 23.9. The molecule has 120 valence electrons. The zero-order chi connectivity index (χ0) is 15.3. The van der Waals surface area contributed by atoms with E-state index in [2.05, 4.69) is 15.2 Å². The molecule has 8 heteroatoms. The lowest BCUT2D eigenvalue weighted by atomic mass is 9.93. The summed E-state index contributed by atoms with van der Waals surface area (Å²) in [5.74, 6) is 4.37. The number of thiophene rings is 1. The maximum atomic E-state index is 13.8. The molecule has 22 heavy (non-hydrogen) atoms. The van der Waals surface area contributed by atoms with E-state index in [1.807, 2.05) is 0 Å². The van der Waals surface area contributed by atoms with Crippen molar-refractivity contribution < 1.29 is 8.78 Å². The van der Waals surface area contributed by atoms with Gasteiger partial charge in [-0.2, -0.15) is 0 Å². The molecule has 1 aliphatic carbocycles. The van der Waals surface area contributed by atoms with Gasteiger partial charge in [-0.15, -0.1) is 11.3 Å². The summed E-state index contributed by atoms with van der Waals surface area (Å²) < 4.78 is 27.6. The Labute approximate surface area is 131 Å². The van der Waals surface area contributed by atoms with Crippen molar-refractivity contribution in [3.8, 4) is 0 Å². The highest BCUT2D eigenvalue weighted by molar-refractivity contribution is 7.15. The Kier molecular flexibility index (Phi) is 3.35. The van der Waals surface area contributed by atoms with Crippen LogP contribution >= 0.6 is 11.3 Å². The van der Waals surface area contributed by atoms with E-state index in [-0.39, 0.29) is 12.8 Å². The Hall–Kier alpha value is -1.25. The van der Waals surface area contributed by atoms with Gasteiger partial charge >= 0.3 is 0 Å². The van der Waals surface area contributed by atoms with Crippen LogP contribution in [-0.2, 0) is 12.8 Å². The summed E-state index contributed by atoms with van der Waals surface area (Å²) in [5, 5.41) is 4.84. The van der Waals surface area contributed by atoms with Crippen molar-refractivity contribution in [2.75, 3.05) is 37.9 Å². The number of aliphatic imine (C=N–C) groups is 1. The summed E-state index contributed by atoms with van der Waals surface area (Å²) >= 11 is 1.60. The lowest BCUT2D eigenvalue weighted by molar-refractivity contribution is -0.0115. The lowest BCUT2D eigenvalue weighted by Gasteiger charge is -2.34. The highest BCUT2D eigenvalue weighted by Crippen LogP contribution is 2.45. The molecule has 3 aliphatic rings. The molecule has 5 nitrogen and oxygen atoms in total. The zero-order valence-corrected chi connectivity index (χ0v) is 13.1. The third-order valence-corrected chi connectivity index (χ3v) is 5.77. The SMILES string of the molecule is NN1CN=C(N2CCNCC2)c2sc3c(c21)CC(F)(F)CC3. The van der Waals surface area contributed by atoms with Crippen molar-refractivity contribution in [2.45, 2.75) is 25.2 Å². The second-order valence-electron chi connectivity index (χ2n) is 6.04. The van der Waals surface area contributed by atoms with Crippen LogP contribution in [0.4, 0.5) is 14.5 Å². The smallest absolute Gasteiger partial charge is 0.252 e. The van der Waals surface area contributed by atoms with E-state index in [9.17, 15) is 8.78 Å². The molecule has 1 saturated heterocycles. The van der Waals surface area contributed by atoms with Gasteiger partial charge < -0.3 is 10.2 Å². The zero-order valence-electron chi connectivity index (χ0n) is 12.2. The molecular formula is C14H19F2N5S. The minimum Gasteiger partial charge on any atom is -0.353 e. The van der Waals surface area contributed by atoms with Crippen molar-refractivity contribution in [2.24, 2.45) is 10.8 Å². The van der Waals surface area contributed by atoms with Gasteiger partial charge in [-0.05, 0) is 12.0 Å². The third kappa shape index (κ3) is 2.29. The predicted molar refractivity (Wildman–Crippen MR) is 83.8 cm³/mol. The van der Waals surface area contributed by atoms with Crippen molar-refractivity contribution >= 4 is 22.9 Å². The van der Waals surface area contributed by atoms with Crippen molar-refractivity contribution in [1.82, 2.24) is 10.2 Å². The van der Waals surface area contributed by atoms with Gasteiger partial charge in [-0.1, -0.05) is 0 Å². The van der Waals surface area contributed by atoms with Gasteiger partial charge in [0.05, 0.1) is 10.6 Å². The number of hydrogen-bond donors (Lipinski definition) is 2. The van der Waals surface area contributed by atoms with Crippen LogP contribution in [0.1, 0.15) is 21.7 Å². The maximum absolute atomic E-state index is 13.8. The van der Waals surface area contributed by atoms with Crippen LogP contribution in [0, 0.1) is 0 Å². The maximum Gasteiger partial charge on any atom is 0.252 e. The van der Waals surface area contributed by atoms with Crippen molar-refractivity contribution in [1.29, 1.82) is 0 Å². The van der Waals surface area contributed by atoms with Gasteiger partial charge in [0.1, 0.15) is 12.5 Å². The molecule has 0 aromatic carbocycles. The molecule has 3 heterocycles. The Morgan fingerprint density at radius 3 is 2.82 bits per heavy atom. The van der Waals surface area contributed by atoms with Gasteiger partial charge in [-0.3, -0.25) is 5.01 Å². The average molecular weight is 327 g/mol. The molecule has 0 amide bonds. The van der Waals surface area contributed by atoms with E-state index < -0.39 is 5.92 Å². The molecule has 1 fully saturated rings. The monoisotopic (exact) mass is 327 g/mol. The summed E-state index contributed by atoms with van der Waals surface area (Å²) in [7, 11) is 0. The lowest BCUT2D eigenvalue weighted by Crippen LogP contribution is -2.49. The molecular weight excluding hydrogens is 308 g/mol. The molecule has 0 radical (unpaired) electrons. The Balaban J connectivity index is 1.75. The van der Waals surface area contributed by atoms with E-state index in [4.69, 9.17) is 5.84 Å². The largest absolute Gasteiger partial charge is 0.353 e. The van der Waals surface area contributed by atoms with Crippen LogP contribution in [0.3, 0.4) is 0 Å². The fourth-order valence-corrected chi connectivity index (χ4v) is 4.76. The Bertz CT molecular complexity index is 621. The van der Waals surface area contributed by atoms with Gasteiger partial charge in [0.2, 0.25) is 0 Å². The molecule has 2 aliphatic heterocycles. The highest BCUT2D eigenvalue weighted by Gasteiger charge is 2.40. The summed E-state index contributed by atoms with van der Waals surface area (Å²) in [4.78, 5) is 8.86. The van der Waals surface area contributed by atoms with Crippen LogP contribution < -0.4 is 16.2 Å². The van der Waals surface area contributed by atoms with E-state index in [0.29, 0.717) is 13.1 Å². The van der Waals surface area contributed by atoms with Crippen LogP contribution in [-0.4, -0.2) is 49.5 Å². The first-order valence-corrected chi connectivity index (χ1v) is 8.42. The first-order chi connectivity index (χ1) is 10.6. The Morgan fingerprint density at radius 2 is 2.05 bits per heavy atom. The summed E-state index contributed by atoms with van der Waals surface area (Å²) in [6.45, 7) is 3.96. The minimum absolute atomic E-state index is 0.0654. The van der Waals surface area contributed by atoms with Gasteiger partial charge in [-0.25, -0.2) is 19.6 Å². The standard InChI is InChI=1S/C14H19F2N5S/c15-14(16)2-1-10-9(7-14)11-12(22-10)13(19-8-21(11)17)20-5-3-18-4-6-20/h18H,1-8,17H2. The number of rotatable bonds is 0. The molecule has 3 N–H and O–H groups in total. The quantitative estimate of drug-likeness (QED) is 0.703. The number of nitrogens with zero attached hydrogens (tertiary/aromatic N) is 3. The fraction of sp³-hybridized carbons (Fsp3) is 0.643. The number of hydrazine groups is 1. The number of nitrogens with one attached hydrogen (secondary N) is 1. The van der Waals surface area contributed by atoms with Crippen LogP contribution in [0.2, 0.25) is 0 Å². The fourth-order valence-electron chi connectivity index (χ4n) is 3.39. The van der Waals surface area contributed by atoms with E-state index in [1.165, 1.54) is 5.01 Å². The van der Waals surface area contributed by atoms with E-state index >= 15 is 0 Å². The number of alkyl halides is 2. The number of anilines is 1. The van der Waals surface area contributed by atoms with Crippen molar-refractivity contribution in [3.05, 3.63) is 15.3 Å². The minimum atomic E-state index is -2.62.